The van der Waals surface area contributed by atoms with E-state index in [1.807, 2.05) is 62.4 Å². The molecule has 0 bridgehead atoms. The molecule has 0 aliphatic carbocycles. The Bertz CT molecular complexity index is 643. The minimum absolute atomic E-state index is 0.0175. The Morgan fingerprint density at radius 3 is 2.52 bits per heavy atom. The maximum absolute atomic E-state index is 11.9. The third-order valence-electron chi connectivity index (χ3n) is 3.17. The normalized spacial score (nSPS) is 11.6. The number of carbonyl (C=O) groups is 1. The summed E-state index contributed by atoms with van der Waals surface area (Å²) in [6.07, 6.45) is 0. The van der Waals surface area contributed by atoms with Gasteiger partial charge in [0.1, 0.15) is 18.1 Å². The van der Waals surface area contributed by atoms with Gasteiger partial charge < -0.3 is 14.8 Å². The smallest absolute Gasteiger partial charge is 0.258 e. The van der Waals surface area contributed by atoms with Crippen molar-refractivity contribution >= 4 is 21.8 Å². The van der Waals surface area contributed by atoms with Gasteiger partial charge in [0.15, 0.2) is 6.61 Å². The highest BCUT2D eigenvalue weighted by molar-refractivity contribution is 9.10. The number of carbonyl (C=O) groups excluding carboxylic acids is 1. The van der Waals surface area contributed by atoms with Crippen LogP contribution in [0.25, 0.3) is 0 Å². The summed E-state index contributed by atoms with van der Waals surface area (Å²) in [4.78, 5) is 11.9. The Balaban J connectivity index is 1.72. The zero-order valence-electron chi connectivity index (χ0n) is 13.2. The number of nitrogens with one attached hydrogen (secondary N) is 1. The first-order valence-corrected chi connectivity index (χ1v) is 8.20. The van der Waals surface area contributed by atoms with E-state index >= 15 is 0 Å². The summed E-state index contributed by atoms with van der Waals surface area (Å²) in [7, 11) is 0. The van der Waals surface area contributed by atoms with Gasteiger partial charge in [-0.25, -0.2) is 0 Å². The predicted octanol–water partition coefficient (Wildman–Crippen LogP) is 3.72. The van der Waals surface area contributed by atoms with Crippen molar-refractivity contribution in [2.45, 2.75) is 19.9 Å². The number of halogens is 1. The molecule has 2 aromatic carbocycles. The fraction of sp³-hybridized carbons (Fsp3) is 0.278. The number of para-hydroxylation sites is 1. The van der Waals surface area contributed by atoms with Gasteiger partial charge in [-0.15, -0.1) is 0 Å². The third kappa shape index (κ3) is 5.94. The largest absolute Gasteiger partial charge is 0.491 e. The molecule has 122 valence electrons. The highest BCUT2D eigenvalue weighted by atomic mass is 79.9. The second kappa shape index (κ2) is 8.58. The topological polar surface area (TPSA) is 47.6 Å². The summed E-state index contributed by atoms with van der Waals surface area (Å²) in [5.41, 5.74) is 1.07. The first-order chi connectivity index (χ1) is 11.0. The van der Waals surface area contributed by atoms with Crippen molar-refractivity contribution in [3.63, 3.8) is 0 Å². The van der Waals surface area contributed by atoms with Gasteiger partial charge in [0.25, 0.3) is 5.91 Å². The SMILES string of the molecule is Cc1ccccc1OC[C@H](C)NC(=O)COc1ccc(Br)cc1. The molecule has 0 fully saturated rings. The van der Waals surface area contributed by atoms with Gasteiger partial charge in [-0.3, -0.25) is 4.79 Å². The van der Waals surface area contributed by atoms with Gasteiger partial charge in [0, 0.05) is 4.47 Å². The van der Waals surface area contributed by atoms with Gasteiger partial charge in [0.05, 0.1) is 6.04 Å². The molecule has 0 spiro atoms. The Morgan fingerprint density at radius 1 is 1.13 bits per heavy atom. The number of rotatable bonds is 7. The van der Waals surface area contributed by atoms with Crippen molar-refractivity contribution in [1.29, 1.82) is 0 Å². The molecule has 0 saturated carbocycles. The Morgan fingerprint density at radius 2 is 1.83 bits per heavy atom. The average Bonchev–Trinajstić information content (AvgIpc) is 2.53. The van der Waals surface area contributed by atoms with Gasteiger partial charge in [-0.05, 0) is 49.7 Å². The molecule has 2 rings (SSSR count). The lowest BCUT2D eigenvalue weighted by Crippen LogP contribution is -2.39. The van der Waals surface area contributed by atoms with Crippen LogP contribution in [0.2, 0.25) is 0 Å². The second-order valence-electron chi connectivity index (χ2n) is 5.29. The van der Waals surface area contributed by atoms with E-state index in [0.717, 1.165) is 15.8 Å². The van der Waals surface area contributed by atoms with Crippen LogP contribution in [0.4, 0.5) is 0 Å². The molecule has 1 N–H and O–H groups in total. The average molecular weight is 378 g/mol. The van der Waals surface area contributed by atoms with Crippen molar-refractivity contribution in [1.82, 2.24) is 5.32 Å². The summed E-state index contributed by atoms with van der Waals surface area (Å²) in [5.74, 6) is 1.32. The lowest BCUT2D eigenvalue weighted by Gasteiger charge is -2.16. The van der Waals surface area contributed by atoms with Crippen molar-refractivity contribution in [2.24, 2.45) is 0 Å². The van der Waals surface area contributed by atoms with E-state index < -0.39 is 0 Å². The van der Waals surface area contributed by atoms with E-state index in [1.165, 1.54) is 0 Å². The number of hydrogen-bond acceptors (Lipinski definition) is 3. The van der Waals surface area contributed by atoms with E-state index in [1.54, 1.807) is 0 Å². The molecule has 5 heteroatoms. The first kappa shape index (κ1) is 17.3. The summed E-state index contributed by atoms with van der Waals surface area (Å²) in [6, 6.07) is 15.0. The van der Waals surface area contributed by atoms with Crippen LogP contribution in [-0.2, 0) is 4.79 Å². The summed E-state index contributed by atoms with van der Waals surface area (Å²) >= 11 is 3.35. The minimum atomic E-state index is -0.172. The van der Waals surface area contributed by atoms with Crippen LogP contribution in [0.3, 0.4) is 0 Å². The minimum Gasteiger partial charge on any atom is -0.491 e. The van der Waals surface area contributed by atoms with Crippen molar-refractivity contribution < 1.29 is 14.3 Å². The van der Waals surface area contributed by atoms with Crippen LogP contribution in [0.1, 0.15) is 12.5 Å². The van der Waals surface area contributed by atoms with E-state index in [-0.39, 0.29) is 18.6 Å². The maximum atomic E-state index is 11.9. The zero-order chi connectivity index (χ0) is 16.7. The molecule has 0 heterocycles. The molecule has 0 saturated heterocycles. The Kier molecular flexibility index (Phi) is 6.47. The molecular formula is C18H20BrNO3. The number of aryl methyl sites for hydroxylation is 1. The molecule has 1 amide bonds. The summed E-state index contributed by atoms with van der Waals surface area (Å²) in [5, 5.41) is 2.85. The fourth-order valence-electron chi connectivity index (χ4n) is 1.97. The highest BCUT2D eigenvalue weighted by Crippen LogP contribution is 2.17. The van der Waals surface area contributed by atoms with Crippen LogP contribution < -0.4 is 14.8 Å². The molecule has 2 aromatic rings. The Labute approximate surface area is 144 Å². The lowest BCUT2D eigenvalue weighted by atomic mass is 10.2. The second-order valence-corrected chi connectivity index (χ2v) is 6.20. The number of hydrogen-bond donors (Lipinski definition) is 1. The predicted molar refractivity (Wildman–Crippen MR) is 93.9 cm³/mol. The number of ether oxygens (including phenoxy) is 2. The fourth-order valence-corrected chi connectivity index (χ4v) is 2.24. The number of benzene rings is 2. The van der Waals surface area contributed by atoms with Crippen LogP contribution in [0.15, 0.2) is 53.0 Å². The summed E-state index contributed by atoms with van der Waals surface area (Å²) < 4.78 is 12.1. The van der Waals surface area contributed by atoms with Crippen molar-refractivity contribution in [3.05, 3.63) is 58.6 Å². The molecule has 1 atom stereocenters. The third-order valence-corrected chi connectivity index (χ3v) is 3.70. The Hall–Kier alpha value is -2.01. The van der Waals surface area contributed by atoms with E-state index in [2.05, 4.69) is 21.2 Å². The van der Waals surface area contributed by atoms with E-state index in [4.69, 9.17) is 9.47 Å². The summed E-state index contributed by atoms with van der Waals surface area (Å²) in [6.45, 7) is 4.28. The van der Waals surface area contributed by atoms with Gasteiger partial charge in [-0.1, -0.05) is 34.1 Å². The molecule has 0 radical (unpaired) electrons. The molecule has 0 aliphatic heterocycles. The molecule has 4 nitrogen and oxygen atoms in total. The molecule has 0 unspecified atom stereocenters. The molecule has 23 heavy (non-hydrogen) atoms. The van der Waals surface area contributed by atoms with Gasteiger partial charge in [-0.2, -0.15) is 0 Å². The standard InChI is InChI=1S/C18H20BrNO3/c1-13-5-3-4-6-17(13)23-11-14(2)20-18(21)12-22-16-9-7-15(19)8-10-16/h3-10,14H,11-12H2,1-2H3,(H,20,21)/t14-/m0/s1. The van der Waals surface area contributed by atoms with Crippen LogP contribution >= 0.6 is 15.9 Å². The molecular weight excluding hydrogens is 358 g/mol. The quantitative estimate of drug-likeness (QED) is 0.799. The lowest BCUT2D eigenvalue weighted by molar-refractivity contribution is -0.123. The number of amides is 1. The van der Waals surface area contributed by atoms with Gasteiger partial charge >= 0.3 is 0 Å². The first-order valence-electron chi connectivity index (χ1n) is 7.41. The van der Waals surface area contributed by atoms with Crippen LogP contribution in [0.5, 0.6) is 11.5 Å². The van der Waals surface area contributed by atoms with Crippen molar-refractivity contribution in [2.75, 3.05) is 13.2 Å². The van der Waals surface area contributed by atoms with Crippen LogP contribution in [-0.4, -0.2) is 25.2 Å². The van der Waals surface area contributed by atoms with Crippen molar-refractivity contribution in [3.8, 4) is 11.5 Å². The molecule has 0 aromatic heterocycles. The van der Waals surface area contributed by atoms with Crippen LogP contribution in [0, 0.1) is 6.92 Å². The molecule has 0 aliphatic rings. The van der Waals surface area contributed by atoms with E-state index in [9.17, 15) is 4.79 Å². The monoisotopic (exact) mass is 377 g/mol. The highest BCUT2D eigenvalue weighted by Gasteiger charge is 2.09. The maximum Gasteiger partial charge on any atom is 0.258 e. The van der Waals surface area contributed by atoms with Gasteiger partial charge in [0.2, 0.25) is 0 Å². The van der Waals surface area contributed by atoms with E-state index in [0.29, 0.717) is 12.4 Å². The zero-order valence-corrected chi connectivity index (χ0v) is 14.8.